The molecule has 3 aromatic heterocycles. The van der Waals surface area contributed by atoms with Crippen molar-refractivity contribution in [3.63, 3.8) is 0 Å². The van der Waals surface area contributed by atoms with Gasteiger partial charge in [-0.2, -0.15) is 0 Å². The lowest BCUT2D eigenvalue weighted by molar-refractivity contribution is 0.620. The van der Waals surface area contributed by atoms with Crippen LogP contribution in [0.1, 0.15) is 0 Å². The van der Waals surface area contributed by atoms with Crippen molar-refractivity contribution in [1.29, 1.82) is 0 Å². The van der Waals surface area contributed by atoms with Crippen LogP contribution in [-0.2, 0) is 0 Å². The van der Waals surface area contributed by atoms with Crippen LogP contribution in [0.25, 0.3) is 89.7 Å². The molecule has 230 valence electrons. The highest BCUT2D eigenvalue weighted by Gasteiger charge is 2.14. The van der Waals surface area contributed by atoms with Gasteiger partial charge in [0.2, 0.25) is 5.89 Å². The van der Waals surface area contributed by atoms with E-state index in [1.165, 1.54) is 5.56 Å². The van der Waals surface area contributed by atoms with E-state index >= 15 is 0 Å². The molecule has 0 unspecified atom stereocenters. The quantitative estimate of drug-likeness (QED) is 0.183. The van der Waals surface area contributed by atoms with Crippen molar-refractivity contribution >= 4 is 22.0 Å². The molecule has 0 aliphatic carbocycles. The maximum absolute atomic E-state index is 6.02. The first kappa shape index (κ1) is 28.5. The van der Waals surface area contributed by atoms with Gasteiger partial charge in [0.05, 0.1) is 22.6 Å². The van der Waals surface area contributed by atoms with Crippen molar-refractivity contribution in [2.45, 2.75) is 0 Å². The van der Waals surface area contributed by atoms with Gasteiger partial charge in [0.15, 0.2) is 11.4 Å². The van der Waals surface area contributed by atoms with E-state index < -0.39 is 0 Å². The van der Waals surface area contributed by atoms with E-state index in [-0.39, 0.29) is 0 Å². The molecule has 0 bridgehead atoms. The maximum Gasteiger partial charge on any atom is 0.227 e. The van der Waals surface area contributed by atoms with Gasteiger partial charge in [0.25, 0.3) is 0 Å². The molecule has 0 N–H and O–H groups in total. The Labute approximate surface area is 283 Å². The predicted molar refractivity (Wildman–Crippen MR) is 198 cm³/mol. The summed E-state index contributed by atoms with van der Waals surface area (Å²) in [6, 6.07) is 57.7. The standard InChI is InChI=1S/C44H28N4O/c1-2-8-29(9-3-1)30-14-16-33(17-15-30)40-28-41(34-20-24-36(25-21-34)44-48-39-12-6-7-13-42(39)49-44)47-43(46-40)35-22-18-32(19-23-35)38-27-26-31-10-4-5-11-37(31)45-38/h1-28H. The number of aromatic nitrogens is 4. The van der Waals surface area contributed by atoms with Crippen molar-refractivity contribution in [1.82, 2.24) is 19.9 Å². The summed E-state index contributed by atoms with van der Waals surface area (Å²) in [6.45, 7) is 0. The average Bonchev–Trinajstić information content (AvgIpc) is 3.63. The lowest BCUT2D eigenvalue weighted by Gasteiger charge is -2.11. The van der Waals surface area contributed by atoms with Gasteiger partial charge in [-0.15, -0.1) is 0 Å². The Kier molecular flexibility index (Phi) is 7.06. The Morgan fingerprint density at radius 3 is 1.55 bits per heavy atom. The molecule has 49 heavy (non-hydrogen) atoms. The van der Waals surface area contributed by atoms with Crippen LogP contribution in [-0.4, -0.2) is 19.9 Å². The minimum atomic E-state index is 0.594. The van der Waals surface area contributed by atoms with E-state index in [1.54, 1.807) is 0 Å². The van der Waals surface area contributed by atoms with Gasteiger partial charge in [0, 0.05) is 33.2 Å². The van der Waals surface area contributed by atoms with Crippen LogP contribution in [0.4, 0.5) is 0 Å². The zero-order chi connectivity index (χ0) is 32.6. The van der Waals surface area contributed by atoms with Crippen molar-refractivity contribution in [2.75, 3.05) is 0 Å². The van der Waals surface area contributed by atoms with Gasteiger partial charge in [-0.25, -0.2) is 19.9 Å². The molecule has 0 saturated carbocycles. The maximum atomic E-state index is 6.02. The van der Waals surface area contributed by atoms with E-state index in [4.69, 9.17) is 19.4 Å². The average molecular weight is 629 g/mol. The topological polar surface area (TPSA) is 64.7 Å². The number of fused-ring (bicyclic) bond motifs is 2. The predicted octanol–water partition coefficient (Wildman–Crippen LogP) is 11.2. The van der Waals surface area contributed by atoms with Crippen molar-refractivity contribution in [3.8, 4) is 67.7 Å². The third-order valence-electron chi connectivity index (χ3n) is 8.77. The molecule has 0 fully saturated rings. The van der Waals surface area contributed by atoms with Crippen molar-refractivity contribution in [2.24, 2.45) is 0 Å². The number of hydrogen-bond donors (Lipinski definition) is 0. The third-order valence-corrected chi connectivity index (χ3v) is 8.77. The molecule has 0 aliphatic rings. The number of oxazole rings is 1. The lowest BCUT2D eigenvalue weighted by atomic mass is 10.0. The summed E-state index contributed by atoms with van der Waals surface area (Å²) in [7, 11) is 0. The Bertz CT molecular complexity index is 2540. The van der Waals surface area contributed by atoms with E-state index in [2.05, 4.69) is 114 Å². The van der Waals surface area contributed by atoms with E-state index in [0.717, 1.165) is 72.5 Å². The van der Waals surface area contributed by atoms with Crippen LogP contribution in [0.2, 0.25) is 0 Å². The van der Waals surface area contributed by atoms with Crippen LogP contribution < -0.4 is 0 Å². The Morgan fingerprint density at radius 1 is 0.327 bits per heavy atom. The monoisotopic (exact) mass is 628 g/mol. The molecule has 9 aromatic rings. The van der Waals surface area contributed by atoms with Crippen molar-refractivity contribution < 1.29 is 4.42 Å². The van der Waals surface area contributed by atoms with Gasteiger partial charge >= 0.3 is 0 Å². The second-order valence-electron chi connectivity index (χ2n) is 11.9. The number of pyridine rings is 1. The van der Waals surface area contributed by atoms with E-state index in [1.807, 2.05) is 60.7 Å². The van der Waals surface area contributed by atoms with Crippen LogP contribution >= 0.6 is 0 Å². The number of benzene rings is 6. The van der Waals surface area contributed by atoms with Crippen molar-refractivity contribution in [3.05, 3.63) is 170 Å². The molecule has 0 radical (unpaired) electrons. The molecule has 5 heteroatoms. The first-order valence-electron chi connectivity index (χ1n) is 16.2. The minimum absolute atomic E-state index is 0.594. The molecule has 0 amide bonds. The SMILES string of the molecule is c1ccc(-c2ccc(-c3cc(-c4ccc(-c5nc6ccccc6o5)cc4)nc(-c4ccc(-c5ccc6ccccc6n5)cc4)n3)cc2)cc1. The highest BCUT2D eigenvalue weighted by Crippen LogP contribution is 2.32. The number of rotatable bonds is 6. The summed E-state index contributed by atoms with van der Waals surface area (Å²) in [5, 5.41) is 1.12. The first-order valence-corrected chi connectivity index (χ1v) is 16.2. The molecule has 9 rings (SSSR count). The van der Waals surface area contributed by atoms with Crippen LogP contribution in [0.15, 0.2) is 174 Å². The number of hydrogen-bond acceptors (Lipinski definition) is 5. The normalized spacial score (nSPS) is 11.3. The van der Waals surface area contributed by atoms with Crippen LogP contribution in [0.3, 0.4) is 0 Å². The van der Waals surface area contributed by atoms with Crippen LogP contribution in [0.5, 0.6) is 0 Å². The summed E-state index contributed by atoms with van der Waals surface area (Å²) in [6.07, 6.45) is 0. The van der Waals surface area contributed by atoms with Gasteiger partial charge in [0.1, 0.15) is 5.52 Å². The fourth-order valence-electron chi connectivity index (χ4n) is 6.13. The molecule has 0 atom stereocenters. The van der Waals surface area contributed by atoms with Gasteiger partial charge in [-0.1, -0.05) is 127 Å². The Balaban J connectivity index is 1.09. The Hall–Kier alpha value is -6.72. The highest BCUT2D eigenvalue weighted by atomic mass is 16.3. The van der Waals surface area contributed by atoms with E-state index in [0.29, 0.717) is 11.7 Å². The lowest BCUT2D eigenvalue weighted by Crippen LogP contribution is -1.96. The molecule has 6 aromatic carbocycles. The molecule has 0 spiro atoms. The fraction of sp³-hybridized carbons (Fsp3) is 0. The third kappa shape index (κ3) is 5.64. The van der Waals surface area contributed by atoms with Gasteiger partial charge < -0.3 is 4.42 Å². The molecule has 0 aliphatic heterocycles. The number of nitrogens with zero attached hydrogens (tertiary/aromatic N) is 4. The largest absolute Gasteiger partial charge is 0.436 e. The second-order valence-corrected chi connectivity index (χ2v) is 11.9. The van der Waals surface area contributed by atoms with Crippen LogP contribution in [0, 0.1) is 0 Å². The first-order chi connectivity index (χ1) is 24.2. The zero-order valence-electron chi connectivity index (χ0n) is 26.4. The highest BCUT2D eigenvalue weighted by molar-refractivity contribution is 5.82. The molecular weight excluding hydrogens is 601 g/mol. The smallest absolute Gasteiger partial charge is 0.227 e. The second kappa shape index (κ2) is 12.1. The van der Waals surface area contributed by atoms with E-state index in [9.17, 15) is 0 Å². The molecule has 0 saturated heterocycles. The summed E-state index contributed by atoms with van der Waals surface area (Å²) in [4.78, 5) is 19.7. The summed E-state index contributed by atoms with van der Waals surface area (Å²) in [5.41, 5.74) is 12.4. The van der Waals surface area contributed by atoms with Gasteiger partial charge in [-0.05, 0) is 53.6 Å². The zero-order valence-corrected chi connectivity index (χ0v) is 26.4. The Morgan fingerprint density at radius 2 is 0.857 bits per heavy atom. The summed E-state index contributed by atoms with van der Waals surface area (Å²) < 4.78 is 6.02. The number of para-hydroxylation sites is 3. The molecule has 5 nitrogen and oxygen atoms in total. The summed E-state index contributed by atoms with van der Waals surface area (Å²) in [5.74, 6) is 1.25. The fourth-order valence-corrected chi connectivity index (χ4v) is 6.13. The summed E-state index contributed by atoms with van der Waals surface area (Å²) >= 11 is 0. The van der Waals surface area contributed by atoms with Gasteiger partial charge in [-0.3, -0.25) is 0 Å². The molecule has 3 heterocycles. The molecular formula is C44H28N4O. The minimum Gasteiger partial charge on any atom is -0.436 e.